The first-order chi connectivity index (χ1) is 13.1. The number of hydrogen-bond acceptors (Lipinski definition) is 4. The van der Waals surface area contributed by atoms with Crippen molar-refractivity contribution < 1.29 is 14.3 Å². The van der Waals surface area contributed by atoms with Gasteiger partial charge >= 0.3 is 0 Å². The minimum atomic E-state index is -0.239. The standard InChI is InChI=1S/C20H22ClN3O3/c1-26-10-9-22-20(25)11-16(15-5-3-4-6-18(15)27-2)17-12-23-19-8-7-14(21)13-24(17)19/h3-8,12-13,16H,9-11H2,1-2H3,(H,22,25). The number of benzene rings is 1. The number of para-hydroxylation sites is 1. The molecule has 1 aromatic carbocycles. The summed E-state index contributed by atoms with van der Waals surface area (Å²) in [5.74, 6) is 0.418. The van der Waals surface area contributed by atoms with Crippen LogP contribution in [0.15, 0.2) is 48.8 Å². The highest BCUT2D eigenvalue weighted by molar-refractivity contribution is 6.30. The number of fused-ring (bicyclic) bond motifs is 1. The summed E-state index contributed by atoms with van der Waals surface area (Å²) in [7, 11) is 3.23. The maximum Gasteiger partial charge on any atom is 0.221 e. The van der Waals surface area contributed by atoms with Crippen molar-refractivity contribution >= 4 is 23.2 Å². The van der Waals surface area contributed by atoms with E-state index in [0.717, 1.165) is 22.7 Å². The zero-order chi connectivity index (χ0) is 19.2. The summed E-state index contributed by atoms with van der Waals surface area (Å²) in [5, 5.41) is 3.48. The number of nitrogens with one attached hydrogen (secondary N) is 1. The number of amides is 1. The number of pyridine rings is 1. The van der Waals surface area contributed by atoms with Gasteiger partial charge in [0.1, 0.15) is 11.4 Å². The second kappa shape index (κ2) is 8.88. The number of rotatable bonds is 8. The number of carbonyl (C=O) groups excluding carboxylic acids is 1. The highest BCUT2D eigenvalue weighted by atomic mass is 35.5. The minimum Gasteiger partial charge on any atom is -0.496 e. The monoisotopic (exact) mass is 387 g/mol. The van der Waals surface area contributed by atoms with Crippen molar-refractivity contribution in [2.24, 2.45) is 0 Å². The fraction of sp³-hybridized carbons (Fsp3) is 0.300. The van der Waals surface area contributed by atoms with Crippen LogP contribution >= 0.6 is 11.6 Å². The Morgan fingerprint density at radius 1 is 1.26 bits per heavy atom. The number of imidazole rings is 1. The fourth-order valence-electron chi connectivity index (χ4n) is 3.11. The van der Waals surface area contributed by atoms with Gasteiger partial charge in [-0.05, 0) is 18.2 Å². The smallest absolute Gasteiger partial charge is 0.221 e. The molecule has 0 aliphatic rings. The molecule has 1 N–H and O–H groups in total. The van der Waals surface area contributed by atoms with Gasteiger partial charge in [0.15, 0.2) is 0 Å². The molecule has 0 spiro atoms. The number of methoxy groups -OCH3 is 2. The summed E-state index contributed by atoms with van der Waals surface area (Å²) in [6.07, 6.45) is 3.85. The Morgan fingerprint density at radius 3 is 2.85 bits per heavy atom. The van der Waals surface area contributed by atoms with Crippen LogP contribution in [0.4, 0.5) is 0 Å². The van der Waals surface area contributed by atoms with E-state index in [9.17, 15) is 4.79 Å². The lowest BCUT2D eigenvalue weighted by Gasteiger charge is -2.20. The first-order valence-corrected chi connectivity index (χ1v) is 9.03. The van der Waals surface area contributed by atoms with Gasteiger partial charge in [0.2, 0.25) is 5.91 Å². The van der Waals surface area contributed by atoms with Crippen LogP contribution in [0.3, 0.4) is 0 Å². The van der Waals surface area contributed by atoms with Gasteiger partial charge in [-0.25, -0.2) is 4.98 Å². The average molecular weight is 388 g/mol. The van der Waals surface area contributed by atoms with Crippen molar-refractivity contribution in [1.82, 2.24) is 14.7 Å². The van der Waals surface area contributed by atoms with E-state index >= 15 is 0 Å². The molecular weight excluding hydrogens is 366 g/mol. The molecule has 0 saturated carbocycles. The molecular formula is C20H22ClN3O3. The number of ether oxygens (including phenoxy) is 2. The second-order valence-electron chi connectivity index (χ2n) is 6.10. The lowest BCUT2D eigenvalue weighted by molar-refractivity contribution is -0.121. The van der Waals surface area contributed by atoms with Crippen LogP contribution in [-0.4, -0.2) is 42.7 Å². The molecule has 2 aromatic heterocycles. The summed E-state index contributed by atoms with van der Waals surface area (Å²) in [6, 6.07) is 11.3. The summed E-state index contributed by atoms with van der Waals surface area (Å²) >= 11 is 6.18. The maximum atomic E-state index is 12.5. The average Bonchev–Trinajstić information content (AvgIpc) is 3.09. The summed E-state index contributed by atoms with van der Waals surface area (Å²) in [5.41, 5.74) is 2.57. The van der Waals surface area contributed by atoms with Gasteiger partial charge in [0.05, 0.1) is 24.4 Å². The van der Waals surface area contributed by atoms with E-state index in [-0.39, 0.29) is 18.2 Å². The molecule has 6 nitrogen and oxygen atoms in total. The lowest BCUT2D eigenvalue weighted by Crippen LogP contribution is -2.28. The Hall–Kier alpha value is -2.57. The summed E-state index contributed by atoms with van der Waals surface area (Å²) in [4.78, 5) is 17.0. The molecule has 0 radical (unpaired) electrons. The molecule has 3 rings (SSSR count). The van der Waals surface area contributed by atoms with Gasteiger partial charge in [-0.1, -0.05) is 29.8 Å². The predicted octanol–water partition coefficient (Wildman–Crippen LogP) is 3.28. The zero-order valence-electron chi connectivity index (χ0n) is 15.3. The first-order valence-electron chi connectivity index (χ1n) is 8.65. The maximum absolute atomic E-state index is 12.5. The van der Waals surface area contributed by atoms with E-state index in [1.807, 2.05) is 40.9 Å². The van der Waals surface area contributed by atoms with Gasteiger partial charge in [-0.15, -0.1) is 0 Å². The number of hydrogen-bond donors (Lipinski definition) is 1. The van der Waals surface area contributed by atoms with Crippen molar-refractivity contribution in [1.29, 1.82) is 0 Å². The normalized spacial score (nSPS) is 12.1. The molecule has 1 amide bonds. The molecule has 0 fully saturated rings. The number of carbonyl (C=O) groups is 1. The SMILES string of the molecule is COCCNC(=O)CC(c1ccccc1OC)c1cnc2ccc(Cl)cn12. The highest BCUT2D eigenvalue weighted by Crippen LogP contribution is 2.35. The zero-order valence-corrected chi connectivity index (χ0v) is 16.1. The van der Waals surface area contributed by atoms with Gasteiger partial charge in [-0.2, -0.15) is 0 Å². The topological polar surface area (TPSA) is 64.9 Å². The van der Waals surface area contributed by atoms with Crippen LogP contribution in [0, 0.1) is 0 Å². The second-order valence-corrected chi connectivity index (χ2v) is 6.54. The van der Waals surface area contributed by atoms with E-state index in [0.29, 0.717) is 18.2 Å². The van der Waals surface area contributed by atoms with Gasteiger partial charge in [-0.3, -0.25) is 4.79 Å². The lowest BCUT2D eigenvalue weighted by atomic mass is 9.91. The van der Waals surface area contributed by atoms with Crippen LogP contribution in [0.1, 0.15) is 23.6 Å². The van der Waals surface area contributed by atoms with Crippen LogP contribution in [0.5, 0.6) is 5.75 Å². The molecule has 142 valence electrons. The van der Waals surface area contributed by atoms with E-state index in [1.54, 1.807) is 26.5 Å². The molecule has 7 heteroatoms. The van der Waals surface area contributed by atoms with Crippen LogP contribution in [-0.2, 0) is 9.53 Å². The van der Waals surface area contributed by atoms with Gasteiger partial charge in [0, 0.05) is 44.0 Å². The van der Waals surface area contributed by atoms with Gasteiger partial charge < -0.3 is 19.2 Å². The van der Waals surface area contributed by atoms with Crippen LogP contribution < -0.4 is 10.1 Å². The van der Waals surface area contributed by atoms with Crippen molar-refractivity contribution in [2.75, 3.05) is 27.4 Å². The molecule has 27 heavy (non-hydrogen) atoms. The minimum absolute atomic E-state index is 0.0695. The third-order valence-electron chi connectivity index (χ3n) is 4.39. The molecule has 2 heterocycles. The van der Waals surface area contributed by atoms with Crippen molar-refractivity contribution in [3.05, 3.63) is 65.1 Å². The van der Waals surface area contributed by atoms with Crippen molar-refractivity contribution in [3.8, 4) is 5.75 Å². The number of aromatic nitrogens is 2. The Morgan fingerprint density at radius 2 is 2.07 bits per heavy atom. The fourth-order valence-corrected chi connectivity index (χ4v) is 3.27. The highest BCUT2D eigenvalue weighted by Gasteiger charge is 2.24. The number of nitrogens with zero attached hydrogens (tertiary/aromatic N) is 2. The molecule has 0 saturated heterocycles. The molecule has 1 atom stereocenters. The molecule has 1 unspecified atom stereocenters. The third-order valence-corrected chi connectivity index (χ3v) is 4.61. The quantitative estimate of drug-likeness (QED) is 0.602. The van der Waals surface area contributed by atoms with Crippen molar-refractivity contribution in [3.63, 3.8) is 0 Å². The Labute approximate surface area is 163 Å². The van der Waals surface area contributed by atoms with E-state index in [4.69, 9.17) is 21.1 Å². The van der Waals surface area contributed by atoms with Crippen molar-refractivity contribution in [2.45, 2.75) is 12.3 Å². The third kappa shape index (κ3) is 4.40. The summed E-state index contributed by atoms with van der Waals surface area (Å²) < 4.78 is 12.4. The Balaban J connectivity index is 2.01. The molecule has 0 aliphatic heterocycles. The number of halogens is 1. The molecule has 0 bridgehead atoms. The Bertz CT molecular complexity index is 926. The largest absolute Gasteiger partial charge is 0.496 e. The van der Waals surface area contributed by atoms with Crippen LogP contribution in [0.2, 0.25) is 5.02 Å². The van der Waals surface area contributed by atoms with Crippen LogP contribution in [0.25, 0.3) is 5.65 Å². The molecule has 3 aromatic rings. The van der Waals surface area contributed by atoms with Gasteiger partial charge in [0.25, 0.3) is 0 Å². The first kappa shape index (κ1) is 19.2. The molecule has 0 aliphatic carbocycles. The summed E-state index contributed by atoms with van der Waals surface area (Å²) in [6.45, 7) is 0.934. The Kier molecular flexibility index (Phi) is 6.32. The van der Waals surface area contributed by atoms with E-state index in [1.165, 1.54) is 0 Å². The predicted molar refractivity (Wildman–Crippen MR) is 105 cm³/mol. The van der Waals surface area contributed by atoms with E-state index < -0.39 is 0 Å². The van der Waals surface area contributed by atoms with E-state index in [2.05, 4.69) is 10.3 Å².